The van der Waals surface area contributed by atoms with E-state index in [1.54, 1.807) is 14.2 Å². The number of likely N-dealkylation sites (N-methyl/N-ethyl adjacent to an activating group) is 1. The Bertz CT molecular complexity index is 683. The van der Waals surface area contributed by atoms with Crippen LogP contribution in [0.3, 0.4) is 0 Å². The number of nitrogens with one attached hydrogen (secondary N) is 1. The van der Waals surface area contributed by atoms with Gasteiger partial charge in [-0.15, -0.1) is 0 Å². The Morgan fingerprint density at radius 1 is 1.33 bits per heavy atom. The number of H-pyrrole nitrogens is 1. The lowest BCUT2D eigenvalue weighted by Crippen LogP contribution is -2.36. The van der Waals surface area contributed by atoms with Crippen LogP contribution in [0.5, 0.6) is 5.75 Å². The van der Waals surface area contributed by atoms with Crippen molar-refractivity contribution in [3.05, 3.63) is 42.1 Å². The van der Waals surface area contributed by atoms with Crippen LogP contribution in [-0.4, -0.2) is 43.1 Å². The van der Waals surface area contributed by atoms with Crippen LogP contribution in [0.25, 0.3) is 0 Å². The lowest BCUT2D eigenvalue weighted by Gasteiger charge is -2.24. The number of hydrogen-bond donors (Lipinski definition) is 1. The van der Waals surface area contributed by atoms with Crippen molar-refractivity contribution in [3.63, 3.8) is 0 Å². The van der Waals surface area contributed by atoms with Gasteiger partial charge in [0.25, 0.3) is 10.0 Å². The highest BCUT2D eigenvalue weighted by molar-refractivity contribution is 7.89. The fraction of sp³-hybridized carbons (Fsp3) is 0.357. The average Bonchev–Trinajstić information content (AvgIpc) is 3.02. The van der Waals surface area contributed by atoms with E-state index in [0.717, 1.165) is 11.3 Å². The van der Waals surface area contributed by atoms with Gasteiger partial charge in [-0.05, 0) is 31.0 Å². The minimum atomic E-state index is -3.56. The molecule has 2 aromatic rings. The van der Waals surface area contributed by atoms with Crippen molar-refractivity contribution >= 4 is 10.0 Å². The van der Waals surface area contributed by atoms with Gasteiger partial charge in [-0.2, -0.15) is 9.40 Å². The maximum atomic E-state index is 12.4. The predicted octanol–water partition coefficient (Wildman–Crippen LogP) is 1.67. The largest absolute Gasteiger partial charge is 0.496 e. The molecule has 0 radical (unpaired) electrons. The minimum Gasteiger partial charge on any atom is -0.496 e. The Morgan fingerprint density at radius 3 is 2.67 bits per heavy atom. The van der Waals surface area contributed by atoms with Crippen LogP contribution in [0, 0.1) is 0 Å². The summed E-state index contributed by atoms with van der Waals surface area (Å²) in [6, 6.07) is 8.83. The van der Waals surface area contributed by atoms with Crippen molar-refractivity contribution in [2.75, 3.05) is 14.2 Å². The fourth-order valence-electron chi connectivity index (χ4n) is 2.10. The van der Waals surface area contributed by atoms with Crippen molar-refractivity contribution in [2.24, 2.45) is 0 Å². The summed E-state index contributed by atoms with van der Waals surface area (Å²) in [4.78, 5) is 0. The highest BCUT2D eigenvalue weighted by Crippen LogP contribution is 2.22. The summed E-state index contributed by atoms with van der Waals surface area (Å²) in [7, 11) is -0.389. The van der Waals surface area contributed by atoms with Gasteiger partial charge in [-0.25, -0.2) is 8.42 Å². The summed E-state index contributed by atoms with van der Waals surface area (Å²) in [5, 5.41) is 6.28. The number of nitrogens with zero attached hydrogens (tertiary/aromatic N) is 2. The molecule has 7 heteroatoms. The molecule has 0 amide bonds. The zero-order chi connectivity index (χ0) is 15.5. The van der Waals surface area contributed by atoms with Crippen LogP contribution < -0.4 is 4.74 Å². The molecule has 6 nitrogen and oxygen atoms in total. The molecule has 0 saturated carbocycles. The van der Waals surface area contributed by atoms with E-state index in [9.17, 15) is 8.42 Å². The number of methoxy groups -OCH3 is 1. The molecule has 1 heterocycles. The molecule has 21 heavy (non-hydrogen) atoms. The molecule has 1 aromatic carbocycles. The third kappa shape index (κ3) is 3.25. The van der Waals surface area contributed by atoms with E-state index < -0.39 is 10.0 Å². The smallest absolute Gasteiger partial charge is 0.259 e. The summed E-state index contributed by atoms with van der Waals surface area (Å²) >= 11 is 0. The molecule has 0 saturated heterocycles. The Kier molecular flexibility index (Phi) is 4.64. The first kappa shape index (κ1) is 15.5. The van der Waals surface area contributed by atoms with Gasteiger partial charge in [-0.1, -0.05) is 18.2 Å². The number of rotatable bonds is 6. The number of ether oxygens (including phenoxy) is 1. The minimum absolute atomic E-state index is 0.0943. The summed E-state index contributed by atoms with van der Waals surface area (Å²) in [5.41, 5.74) is 0.971. The predicted molar refractivity (Wildman–Crippen MR) is 79.7 cm³/mol. The zero-order valence-corrected chi connectivity index (χ0v) is 13.1. The van der Waals surface area contributed by atoms with Crippen LogP contribution in [0.4, 0.5) is 0 Å². The number of para-hydroxylation sites is 1. The molecule has 0 aliphatic heterocycles. The molecule has 1 N–H and O–H groups in total. The van der Waals surface area contributed by atoms with Gasteiger partial charge in [0.1, 0.15) is 5.75 Å². The summed E-state index contributed by atoms with van der Waals surface area (Å²) in [6.45, 7) is 1.86. The van der Waals surface area contributed by atoms with Gasteiger partial charge < -0.3 is 4.74 Å². The van der Waals surface area contributed by atoms with Crippen molar-refractivity contribution < 1.29 is 13.2 Å². The van der Waals surface area contributed by atoms with Crippen LogP contribution >= 0.6 is 0 Å². The van der Waals surface area contributed by atoms with E-state index >= 15 is 0 Å². The van der Waals surface area contributed by atoms with Crippen molar-refractivity contribution in [1.82, 2.24) is 14.5 Å². The van der Waals surface area contributed by atoms with Crippen LogP contribution in [0.1, 0.15) is 12.5 Å². The monoisotopic (exact) mass is 309 g/mol. The highest BCUT2D eigenvalue weighted by Gasteiger charge is 2.27. The highest BCUT2D eigenvalue weighted by atomic mass is 32.2. The Hall–Kier alpha value is -1.86. The molecule has 0 aliphatic carbocycles. The third-order valence-electron chi connectivity index (χ3n) is 3.46. The lowest BCUT2D eigenvalue weighted by molar-refractivity contribution is 0.372. The van der Waals surface area contributed by atoms with Gasteiger partial charge in [-0.3, -0.25) is 5.10 Å². The molecule has 1 aromatic heterocycles. The van der Waals surface area contributed by atoms with E-state index in [-0.39, 0.29) is 11.1 Å². The normalized spacial score (nSPS) is 13.3. The molecule has 1 unspecified atom stereocenters. The Balaban J connectivity index is 2.18. The first-order chi connectivity index (χ1) is 9.96. The van der Waals surface area contributed by atoms with Crippen LogP contribution in [0.2, 0.25) is 0 Å². The first-order valence-electron chi connectivity index (χ1n) is 6.56. The molecular weight excluding hydrogens is 290 g/mol. The van der Waals surface area contributed by atoms with Crippen LogP contribution in [-0.2, 0) is 16.4 Å². The number of aromatic nitrogens is 2. The second-order valence-electron chi connectivity index (χ2n) is 4.81. The maximum absolute atomic E-state index is 12.4. The zero-order valence-electron chi connectivity index (χ0n) is 12.3. The van der Waals surface area contributed by atoms with Gasteiger partial charge >= 0.3 is 0 Å². The molecule has 114 valence electrons. The Morgan fingerprint density at radius 2 is 2.05 bits per heavy atom. The molecule has 0 aliphatic rings. The van der Waals surface area contributed by atoms with Crippen molar-refractivity contribution in [3.8, 4) is 5.75 Å². The second kappa shape index (κ2) is 6.28. The van der Waals surface area contributed by atoms with Crippen molar-refractivity contribution in [2.45, 2.75) is 24.4 Å². The second-order valence-corrected chi connectivity index (χ2v) is 6.77. The molecule has 0 bridgehead atoms. The topological polar surface area (TPSA) is 75.3 Å². The number of sulfonamides is 1. The number of hydrogen-bond acceptors (Lipinski definition) is 4. The third-order valence-corrected chi connectivity index (χ3v) is 5.36. The number of benzene rings is 1. The molecule has 1 atom stereocenters. The molecule has 2 rings (SSSR count). The first-order valence-corrected chi connectivity index (χ1v) is 8.00. The van der Waals surface area contributed by atoms with Crippen molar-refractivity contribution in [1.29, 1.82) is 0 Å². The lowest BCUT2D eigenvalue weighted by atomic mass is 10.1. The Labute approximate surface area is 124 Å². The molecule has 0 fully saturated rings. The fourth-order valence-corrected chi connectivity index (χ4v) is 3.36. The van der Waals surface area contributed by atoms with Gasteiger partial charge in [0.15, 0.2) is 5.03 Å². The van der Waals surface area contributed by atoms with E-state index in [1.807, 2.05) is 31.2 Å². The standard InChI is InChI=1S/C14H19N3O3S/c1-11(10-12-6-4-5-7-13(12)20-3)17(2)21(18,19)14-8-9-15-16-14/h4-9,11H,10H2,1-3H3,(H,15,16). The summed E-state index contributed by atoms with van der Waals surface area (Å²) in [5.74, 6) is 0.761. The average molecular weight is 309 g/mol. The van der Waals surface area contributed by atoms with Gasteiger partial charge in [0, 0.05) is 13.1 Å². The van der Waals surface area contributed by atoms with Gasteiger partial charge in [0.2, 0.25) is 0 Å². The quantitative estimate of drug-likeness (QED) is 0.880. The van der Waals surface area contributed by atoms with Crippen LogP contribution in [0.15, 0.2) is 41.6 Å². The van der Waals surface area contributed by atoms with E-state index in [2.05, 4.69) is 10.2 Å². The van der Waals surface area contributed by atoms with E-state index in [1.165, 1.54) is 16.6 Å². The summed E-state index contributed by atoms with van der Waals surface area (Å²) < 4.78 is 31.4. The maximum Gasteiger partial charge on any atom is 0.259 e. The molecule has 0 spiro atoms. The van der Waals surface area contributed by atoms with E-state index in [4.69, 9.17) is 4.74 Å². The summed E-state index contributed by atoms with van der Waals surface area (Å²) in [6.07, 6.45) is 1.99. The number of aromatic amines is 1. The van der Waals surface area contributed by atoms with E-state index in [0.29, 0.717) is 6.42 Å². The van der Waals surface area contributed by atoms with Gasteiger partial charge in [0.05, 0.1) is 13.3 Å². The molecular formula is C14H19N3O3S. The SMILES string of the molecule is COc1ccccc1CC(C)N(C)S(=O)(=O)c1ccn[nH]1.